The molecule has 5 heteroatoms. The molecule has 1 N–H and O–H groups in total. The van der Waals surface area contributed by atoms with Gasteiger partial charge >= 0.3 is 0 Å². The average Bonchev–Trinajstić information content (AvgIpc) is 2.97. The van der Waals surface area contributed by atoms with Gasteiger partial charge in [-0.15, -0.1) is 0 Å². The van der Waals surface area contributed by atoms with Gasteiger partial charge in [-0.1, -0.05) is 17.8 Å². The van der Waals surface area contributed by atoms with Crippen molar-refractivity contribution in [1.29, 1.82) is 0 Å². The number of benzene rings is 1. The molecule has 84 valence electrons. The Balaban J connectivity index is 1.66. The van der Waals surface area contributed by atoms with Crippen molar-refractivity contribution in [3.63, 3.8) is 0 Å². The summed E-state index contributed by atoms with van der Waals surface area (Å²) in [5.74, 6) is 2.75. The molecule has 16 heavy (non-hydrogen) atoms. The molecule has 2 aliphatic rings. The van der Waals surface area contributed by atoms with Gasteiger partial charge in [-0.3, -0.25) is 4.99 Å². The van der Waals surface area contributed by atoms with Crippen molar-refractivity contribution in [3.05, 3.63) is 23.8 Å². The lowest BCUT2D eigenvalue weighted by Gasteiger charge is -2.05. The summed E-state index contributed by atoms with van der Waals surface area (Å²) >= 11 is 1.77. The molecule has 0 aliphatic carbocycles. The number of aliphatic imine (C=N–C) groups is 1. The molecular weight excluding hydrogens is 224 g/mol. The van der Waals surface area contributed by atoms with Gasteiger partial charge in [-0.2, -0.15) is 0 Å². The van der Waals surface area contributed by atoms with Crippen molar-refractivity contribution in [2.24, 2.45) is 4.99 Å². The minimum absolute atomic E-state index is 0.328. The van der Waals surface area contributed by atoms with Crippen molar-refractivity contribution in [1.82, 2.24) is 5.32 Å². The maximum Gasteiger partial charge on any atom is 0.231 e. The Morgan fingerprint density at radius 1 is 1.31 bits per heavy atom. The van der Waals surface area contributed by atoms with E-state index in [1.165, 1.54) is 5.56 Å². The van der Waals surface area contributed by atoms with E-state index in [1.54, 1.807) is 11.8 Å². The van der Waals surface area contributed by atoms with Gasteiger partial charge in [0.1, 0.15) is 0 Å². The van der Waals surface area contributed by atoms with Crippen LogP contribution in [0.15, 0.2) is 23.2 Å². The third-order valence-corrected chi connectivity index (χ3v) is 3.40. The van der Waals surface area contributed by atoms with E-state index in [2.05, 4.69) is 10.3 Å². The molecule has 0 saturated heterocycles. The standard InChI is InChI=1S/C11H12N2O2S/c1-2-9-10(15-7-14-9)5-8(1)6-13-11-12-3-4-16-11/h1-2,5H,3-4,6-7H2,(H,12,13). The molecule has 0 aromatic heterocycles. The van der Waals surface area contributed by atoms with Crippen molar-refractivity contribution in [2.45, 2.75) is 6.54 Å². The number of amidine groups is 1. The molecule has 1 aromatic carbocycles. The van der Waals surface area contributed by atoms with Gasteiger partial charge in [0, 0.05) is 12.3 Å². The van der Waals surface area contributed by atoms with E-state index in [1.807, 2.05) is 18.2 Å². The van der Waals surface area contributed by atoms with Crippen molar-refractivity contribution in [2.75, 3.05) is 19.1 Å². The number of nitrogens with one attached hydrogen (secondary N) is 1. The highest BCUT2D eigenvalue weighted by Gasteiger charge is 2.13. The number of ether oxygens (including phenoxy) is 2. The van der Waals surface area contributed by atoms with Crippen LogP contribution < -0.4 is 14.8 Å². The van der Waals surface area contributed by atoms with Crippen molar-refractivity contribution < 1.29 is 9.47 Å². The second-order valence-electron chi connectivity index (χ2n) is 3.58. The van der Waals surface area contributed by atoms with Crippen LogP contribution in [0.4, 0.5) is 0 Å². The van der Waals surface area contributed by atoms with Crippen LogP contribution in [-0.4, -0.2) is 24.3 Å². The first-order chi connectivity index (χ1) is 7.92. The molecule has 0 amide bonds. The molecule has 4 nitrogen and oxygen atoms in total. The molecule has 2 heterocycles. The SMILES string of the molecule is c1cc2c(cc1CNC1=NCCS1)OCO2. The molecule has 3 rings (SSSR count). The Bertz CT molecular complexity index is 434. The molecule has 0 unspecified atom stereocenters. The molecule has 0 bridgehead atoms. The highest BCUT2D eigenvalue weighted by atomic mass is 32.2. The van der Waals surface area contributed by atoms with Crippen LogP contribution in [0.2, 0.25) is 0 Å². The van der Waals surface area contributed by atoms with Gasteiger partial charge in [-0.05, 0) is 17.7 Å². The maximum absolute atomic E-state index is 5.33. The largest absolute Gasteiger partial charge is 0.454 e. The minimum Gasteiger partial charge on any atom is -0.454 e. The van der Waals surface area contributed by atoms with Crippen LogP contribution in [-0.2, 0) is 6.54 Å². The summed E-state index contributed by atoms with van der Waals surface area (Å²) in [7, 11) is 0. The Morgan fingerprint density at radius 2 is 2.25 bits per heavy atom. The molecule has 0 atom stereocenters. The van der Waals surface area contributed by atoms with Gasteiger partial charge in [0.25, 0.3) is 0 Å². The number of thioether (sulfide) groups is 1. The first-order valence-electron chi connectivity index (χ1n) is 5.21. The fourth-order valence-corrected chi connectivity index (χ4v) is 2.40. The third-order valence-electron chi connectivity index (χ3n) is 2.47. The second-order valence-corrected chi connectivity index (χ2v) is 4.66. The lowest BCUT2D eigenvalue weighted by Crippen LogP contribution is -2.17. The lowest BCUT2D eigenvalue weighted by atomic mass is 10.2. The van der Waals surface area contributed by atoms with E-state index in [-0.39, 0.29) is 0 Å². The zero-order valence-corrected chi connectivity index (χ0v) is 9.55. The number of hydrogen-bond acceptors (Lipinski definition) is 5. The zero-order valence-electron chi connectivity index (χ0n) is 8.73. The summed E-state index contributed by atoms with van der Waals surface area (Å²) in [5.41, 5.74) is 1.18. The van der Waals surface area contributed by atoms with Crippen molar-refractivity contribution >= 4 is 16.9 Å². The summed E-state index contributed by atoms with van der Waals surface area (Å²) in [6.45, 7) is 2.03. The number of hydrogen-bond donors (Lipinski definition) is 1. The Kier molecular flexibility index (Phi) is 2.61. The maximum atomic E-state index is 5.33. The lowest BCUT2D eigenvalue weighted by molar-refractivity contribution is 0.174. The van der Waals surface area contributed by atoms with E-state index in [4.69, 9.17) is 9.47 Å². The highest BCUT2D eigenvalue weighted by molar-refractivity contribution is 8.14. The summed E-state index contributed by atoms with van der Waals surface area (Å²) in [4.78, 5) is 4.34. The van der Waals surface area contributed by atoms with Gasteiger partial charge < -0.3 is 14.8 Å². The molecule has 0 saturated carbocycles. The first-order valence-corrected chi connectivity index (χ1v) is 6.20. The second kappa shape index (κ2) is 4.25. The predicted octanol–water partition coefficient (Wildman–Crippen LogP) is 1.61. The normalized spacial score (nSPS) is 17.4. The van der Waals surface area contributed by atoms with E-state index < -0.39 is 0 Å². The number of nitrogens with zero attached hydrogens (tertiary/aromatic N) is 1. The Labute approximate surface area is 98.0 Å². The average molecular weight is 236 g/mol. The van der Waals surface area contributed by atoms with Gasteiger partial charge in [-0.25, -0.2) is 0 Å². The van der Waals surface area contributed by atoms with Crippen LogP contribution in [0, 0.1) is 0 Å². The highest BCUT2D eigenvalue weighted by Crippen LogP contribution is 2.32. The van der Waals surface area contributed by atoms with Crippen LogP contribution in [0.5, 0.6) is 11.5 Å². The third kappa shape index (κ3) is 1.95. The minimum atomic E-state index is 0.328. The number of fused-ring (bicyclic) bond motifs is 1. The number of rotatable bonds is 2. The molecule has 0 spiro atoms. The van der Waals surface area contributed by atoms with E-state index >= 15 is 0 Å². The first kappa shape index (κ1) is 9.84. The van der Waals surface area contributed by atoms with Gasteiger partial charge in [0.15, 0.2) is 16.7 Å². The van der Waals surface area contributed by atoms with Crippen LogP contribution in [0.1, 0.15) is 5.56 Å². The quantitative estimate of drug-likeness (QED) is 0.847. The van der Waals surface area contributed by atoms with Crippen LogP contribution in [0.3, 0.4) is 0 Å². The fourth-order valence-electron chi connectivity index (χ4n) is 1.67. The van der Waals surface area contributed by atoms with Crippen LogP contribution in [0.25, 0.3) is 0 Å². The Hall–Kier alpha value is -1.36. The summed E-state index contributed by atoms with van der Waals surface area (Å²) < 4.78 is 10.6. The van der Waals surface area contributed by atoms with E-state index in [9.17, 15) is 0 Å². The summed E-state index contributed by atoms with van der Waals surface area (Å²) in [6.07, 6.45) is 0. The molecular formula is C11H12N2O2S. The van der Waals surface area contributed by atoms with E-state index in [0.717, 1.165) is 35.5 Å². The summed E-state index contributed by atoms with van der Waals surface area (Å²) in [5, 5.41) is 4.35. The monoisotopic (exact) mass is 236 g/mol. The summed E-state index contributed by atoms with van der Waals surface area (Å²) in [6, 6.07) is 6.00. The molecule has 0 fully saturated rings. The van der Waals surface area contributed by atoms with Gasteiger partial charge in [0.2, 0.25) is 6.79 Å². The zero-order chi connectivity index (χ0) is 10.8. The predicted molar refractivity (Wildman–Crippen MR) is 64.2 cm³/mol. The van der Waals surface area contributed by atoms with Crippen LogP contribution >= 0.6 is 11.8 Å². The Morgan fingerprint density at radius 3 is 3.12 bits per heavy atom. The topological polar surface area (TPSA) is 42.9 Å². The smallest absolute Gasteiger partial charge is 0.231 e. The fraction of sp³-hybridized carbons (Fsp3) is 0.364. The molecule has 2 aliphatic heterocycles. The molecule has 1 aromatic rings. The van der Waals surface area contributed by atoms with E-state index in [0.29, 0.717) is 6.79 Å². The van der Waals surface area contributed by atoms with Crippen molar-refractivity contribution in [3.8, 4) is 11.5 Å². The van der Waals surface area contributed by atoms with Gasteiger partial charge in [0.05, 0.1) is 6.54 Å². The molecule has 0 radical (unpaired) electrons.